The summed E-state index contributed by atoms with van der Waals surface area (Å²) in [7, 11) is 6.96. The zero-order chi connectivity index (χ0) is 30.1. The minimum Gasteiger partial charge on any atom is -0.497 e. The number of ether oxygens (including phenoxy) is 3. The molecule has 1 atom stereocenters. The van der Waals surface area contributed by atoms with Gasteiger partial charge in [0.1, 0.15) is 11.9 Å². The fourth-order valence-electron chi connectivity index (χ4n) is 6.05. The standard InChI is InChI=1S/C36H34N2O5/c1-37-20-25-17-32(39)33(42-4)19-28(25)34(23-11-7-5-8-12-23)30(37)21-43-22-31-35(24-13-9-6-10-14-24)29-18-26(41-3)15-16-27(29)36(40)38(31)2/h5-16,18-20,33H,17,21-22H2,1-4H3. The lowest BCUT2D eigenvalue weighted by Crippen LogP contribution is -2.31. The second kappa shape index (κ2) is 11.9. The van der Waals surface area contributed by atoms with Crippen LogP contribution in [0.2, 0.25) is 0 Å². The number of pyridine rings is 1. The van der Waals surface area contributed by atoms with E-state index < -0.39 is 6.10 Å². The molecule has 0 amide bonds. The molecule has 0 N–H and O–H groups in total. The number of rotatable bonds is 8. The average Bonchev–Trinajstić information content (AvgIpc) is 3.03. The van der Waals surface area contributed by atoms with Crippen LogP contribution in [0, 0.1) is 0 Å². The van der Waals surface area contributed by atoms with E-state index in [1.807, 2.05) is 91.0 Å². The Hall–Kier alpha value is -4.72. The molecule has 3 aromatic carbocycles. The number of benzene rings is 3. The van der Waals surface area contributed by atoms with Crippen LogP contribution < -0.4 is 10.3 Å². The number of methoxy groups -OCH3 is 2. The van der Waals surface area contributed by atoms with Crippen molar-refractivity contribution < 1.29 is 19.0 Å². The normalized spacial score (nSPS) is 16.7. The van der Waals surface area contributed by atoms with E-state index in [4.69, 9.17) is 14.2 Å². The summed E-state index contributed by atoms with van der Waals surface area (Å²) in [5.74, 6) is 0.725. The van der Waals surface area contributed by atoms with Crippen LogP contribution in [0.3, 0.4) is 0 Å². The number of carbonyl (C=O) groups is 1. The number of aromatic nitrogens is 1. The fourth-order valence-corrected chi connectivity index (χ4v) is 6.05. The predicted molar refractivity (Wildman–Crippen MR) is 169 cm³/mol. The number of allylic oxidation sites excluding steroid dienone is 3. The van der Waals surface area contributed by atoms with Crippen LogP contribution in [-0.2, 0) is 27.9 Å². The van der Waals surface area contributed by atoms with Gasteiger partial charge in [-0.3, -0.25) is 9.59 Å². The SMILES string of the molecule is COc1ccc2c(=O)n(C)c(COCC3=C(c4ccccc4)C4=CC(OC)C(=O)CC4=CN3C)c(-c3ccccc3)c2c1. The Morgan fingerprint density at radius 2 is 1.53 bits per heavy atom. The number of hydrogen-bond acceptors (Lipinski definition) is 6. The van der Waals surface area contributed by atoms with Gasteiger partial charge in [0.15, 0.2) is 5.78 Å². The van der Waals surface area contributed by atoms with E-state index in [1.54, 1.807) is 25.8 Å². The maximum Gasteiger partial charge on any atom is 0.258 e. The Morgan fingerprint density at radius 1 is 0.837 bits per heavy atom. The first-order valence-electron chi connectivity index (χ1n) is 14.2. The number of carbonyl (C=O) groups excluding carboxylic acids is 1. The Morgan fingerprint density at radius 3 is 2.21 bits per heavy atom. The number of fused-ring (bicyclic) bond motifs is 2. The van der Waals surface area contributed by atoms with Crippen molar-refractivity contribution >= 4 is 22.1 Å². The highest BCUT2D eigenvalue weighted by Crippen LogP contribution is 2.41. The lowest BCUT2D eigenvalue weighted by molar-refractivity contribution is -0.125. The zero-order valence-electron chi connectivity index (χ0n) is 24.8. The summed E-state index contributed by atoms with van der Waals surface area (Å²) in [4.78, 5) is 28.2. The van der Waals surface area contributed by atoms with Crippen LogP contribution >= 0.6 is 0 Å². The summed E-state index contributed by atoms with van der Waals surface area (Å²) >= 11 is 0. The highest BCUT2D eigenvalue weighted by Gasteiger charge is 2.32. The van der Waals surface area contributed by atoms with Gasteiger partial charge in [-0.15, -0.1) is 0 Å². The molecule has 2 heterocycles. The fraction of sp³-hybridized carbons (Fsp3) is 0.222. The zero-order valence-corrected chi connectivity index (χ0v) is 24.8. The number of nitrogens with zero attached hydrogens (tertiary/aromatic N) is 2. The first kappa shape index (κ1) is 28.4. The van der Waals surface area contributed by atoms with Crippen molar-refractivity contribution in [2.24, 2.45) is 7.05 Å². The monoisotopic (exact) mass is 574 g/mol. The summed E-state index contributed by atoms with van der Waals surface area (Å²) in [6.07, 6.45) is 3.64. The van der Waals surface area contributed by atoms with E-state index in [-0.39, 0.29) is 24.6 Å². The van der Waals surface area contributed by atoms with Gasteiger partial charge in [-0.1, -0.05) is 60.7 Å². The summed E-state index contributed by atoms with van der Waals surface area (Å²) in [5.41, 5.74) is 7.55. The summed E-state index contributed by atoms with van der Waals surface area (Å²) in [6, 6.07) is 25.7. The molecule has 1 aromatic heterocycles. The Labute approximate surface area is 250 Å². The van der Waals surface area contributed by atoms with E-state index in [0.717, 1.165) is 50.2 Å². The molecular weight excluding hydrogens is 540 g/mol. The van der Waals surface area contributed by atoms with Crippen LogP contribution in [0.5, 0.6) is 5.75 Å². The Kier molecular flexibility index (Phi) is 7.84. The summed E-state index contributed by atoms with van der Waals surface area (Å²) in [6.45, 7) is 0.489. The van der Waals surface area contributed by atoms with Crippen molar-refractivity contribution in [2.45, 2.75) is 19.1 Å². The third-order valence-corrected chi connectivity index (χ3v) is 8.26. The Balaban J connectivity index is 1.44. The second-order valence-electron chi connectivity index (χ2n) is 10.8. The molecule has 0 radical (unpaired) electrons. The van der Waals surface area contributed by atoms with E-state index in [9.17, 15) is 9.59 Å². The van der Waals surface area contributed by atoms with Crippen molar-refractivity contribution in [1.29, 1.82) is 0 Å². The van der Waals surface area contributed by atoms with Crippen LogP contribution in [0.1, 0.15) is 17.7 Å². The smallest absolute Gasteiger partial charge is 0.258 e. The van der Waals surface area contributed by atoms with E-state index in [2.05, 4.69) is 12.1 Å². The molecule has 1 unspecified atom stereocenters. The minimum absolute atomic E-state index is 0.0419. The highest BCUT2D eigenvalue weighted by atomic mass is 16.5. The van der Waals surface area contributed by atoms with Gasteiger partial charge in [0.05, 0.1) is 31.7 Å². The van der Waals surface area contributed by atoms with Gasteiger partial charge in [0, 0.05) is 55.7 Å². The van der Waals surface area contributed by atoms with Gasteiger partial charge in [0.2, 0.25) is 0 Å². The number of hydrogen-bond donors (Lipinski definition) is 0. The van der Waals surface area contributed by atoms with Gasteiger partial charge < -0.3 is 23.7 Å². The third-order valence-electron chi connectivity index (χ3n) is 8.26. The molecule has 0 bridgehead atoms. The molecule has 0 fully saturated rings. The Bertz CT molecular complexity index is 1850. The van der Waals surface area contributed by atoms with Gasteiger partial charge in [-0.25, -0.2) is 0 Å². The molecule has 1 aliphatic heterocycles. The van der Waals surface area contributed by atoms with Crippen molar-refractivity contribution in [1.82, 2.24) is 9.47 Å². The summed E-state index contributed by atoms with van der Waals surface area (Å²) < 4.78 is 19.2. The van der Waals surface area contributed by atoms with E-state index >= 15 is 0 Å². The van der Waals surface area contributed by atoms with Gasteiger partial charge in [0.25, 0.3) is 5.56 Å². The predicted octanol–water partition coefficient (Wildman–Crippen LogP) is 5.89. The average molecular weight is 575 g/mol. The summed E-state index contributed by atoms with van der Waals surface area (Å²) in [5, 5.41) is 1.44. The van der Waals surface area contributed by atoms with E-state index in [0.29, 0.717) is 17.6 Å². The molecular formula is C36H34N2O5. The van der Waals surface area contributed by atoms with Crippen molar-refractivity contribution in [3.63, 3.8) is 0 Å². The molecule has 2 aliphatic rings. The van der Waals surface area contributed by atoms with Gasteiger partial charge in [-0.2, -0.15) is 0 Å². The van der Waals surface area contributed by atoms with Crippen LogP contribution in [0.25, 0.3) is 27.5 Å². The molecule has 6 rings (SSSR count). The van der Waals surface area contributed by atoms with Crippen molar-refractivity contribution in [3.05, 3.63) is 130 Å². The van der Waals surface area contributed by atoms with Crippen molar-refractivity contribution in [2.75, 3.05) is 27.9 Å². The van der Waals surface area contributed by atoms with Gasteiger partial charge >= 0.3 is 0 Å². The van der Waals surface area contributed by atoms with Crippen molar-refractivity contribution in [3.8, 4) is 16.9 Å². The highest BCUT2D eigenvalue weighted by molar-refractivity contribution is 5.99. The largest absolute Gasteiger partial charge is 0.497 e. The van der Waals surface area contributed by atoms with E-state index in [1.165, 1.54) is 0 Å². The quantitative estimate of drug-likeness (QED) is 0.262. The van der Waals surface area contributed by atoms with Crippen LogP contribution in [-0.4, -0.2) is 49.2 Å². The molecule has 7 heteroatoms. The van der Waals surface area contributed by atoms with Gasteiger partial charge in [-0.05, 0) is 46.5 Å². The lowest BCUT2D eigenvalue weighted by Gasteiger charge is -2.34. The molecule has 4 aromatic rings. The third kappa shape index (κ3) is 5.22. The second-order valence-corrected chi connectivity index (χ2v) is 10.8. The lowest BCUT2D eigenvalue weighted by atomic mass is 9.81. The number of likely N-dealkylation sites (N-methyl/N-ethyl adjacent to an activating group) is 1. The maximum atomic E-state index is 13.5. The topological polar surface area (TPSA) is 70.0 Å². The number of ketones is 1. The minimum atomic E-state index is -0.589. The number of Topliss-reactive ketones (excluding diaryl/α,β-unsaturated/α-hetero) is 1. The molecule has 218 valence electrons. The first-order valence-corrected chi connectivity index (χ1v) is 14.2. The molecule has 0 saturated carbocycles. The molecule has 43 heavy (non-hydrogen) atoms. The first-order chi connectivity index (χ1) is 20.9. The molecule has 7 nitrogen and oxygen atoms in total. The maximum absolute atomic E-state index is 13.5. The van der Waals surface area contributed by atoms with Crippen LogP contribution in [0.4, 0.5) is 0 Å². The molecule has 0 saturated heterocycles. The molecule has 0 spiro atoms. The molecule has 1 aliphatic carbocycles. The van der Waals surface area contributed by atoms with Crippen LogP contribution in [0.15, 0.2) is 113 Å².